The predicted molar refractivity (Wildman–Crippen MR) is 76.7 cm³/mol. The summed E-state index contributed by atoms with van der Waals surface area (Å²) in [7, 11) is -3.61. The summed E-state index contributed by atoms with van der Waals surface area (Å²) >= 11 is 5.71. The summed E-state index contributed by atoms with van der Waals surface area (Å²) in [5, 5.41) is 10.6. The summed E-state index contributed by atoms with van der Waals surface area (Å²) in [6.45, 7) is 5.55. The molecule has 0 aliphatic heterocycles. The molecule has 1 unspecified atom stereocenters. The zero-order valence-electron chi connectivity index (χ0n) is 11.4. The molecule has 1 rings (SSSR count). The molecule has 0 spiro atoms. The van der Waals surface area contributed by atoms with Gasteiger partial charge < -0.3 is 5.11 Å². The molecule has 0 fully saturated rings. The van der Waals surface area contributed by atoms with Crippen LogP contribution >= 0.6 is 11.6 Å². The minimum Gasteiger partial charge on any atom is -0.389 e. The van der Waals surface area contributed by atoms with Gasteiger partial charge in [-0.2, -0.15) is 0 Å². The van der Waals surface area contributed by atoms with Crippen LogP contribution in [0.5, 0.6) is 0 Å². The highest BCUT2D eigenvalue weighted by atomic mass is 35.5. The first-order valence-electron chi connectivity index (χ1n) is 6.10. The quantitative estimate of drug-likeness (QED) is 0.848. The fourth-order valence-corrected chi connectivity index (χ4v) is 3.19. The Balaban J connectivity index is 2.73. The molecule has 0 bridgehead atoms. The first kappa shape index (κ1) is 16.4. The number of hydrogen-bond donors (Lipinski definition) is 2. The summed E-state index contributed by atoms with van der Waals surface area (Å²) in [6, 6.07) is 5.90. The molecule has 0 saturated heterocycles. The van der Waals surface area contributed by atoms with Crippen molar-refractivity contribution in [3.63, 3.8) is 0 Å². The van der Waals surface area contributed by atoms with Gasteiger partial charge in [0, 0.05) is 11.6 Å². The van der Waals surface area contributed by atoms with E-state index in [-0.39, 0.29) is 17.4 Å². The van der Waals surface area contributed by atoms with Crippen LogP contribution in [0.25, 0.3) is 0 Å². The Hall–Kier alpha value is -0.620. The second kappa shape index (κ2) is 6.22. The van der Waals surface area contributed by atoms with Gasteiger partial charge in [0.05, 0.1) is 10.5 Å². The third-order valence-electron chi connectivity index (χ3n) is 2.61. The van der Waals surface area contributed by atoms with Gasteiger partial charge in [-0.1, -0.05) is 25.4 Å². The molecular formula is C13H20ClNO3S. The summed E-state index contributed by atoms with van der Waals surface area (Å²) in [5.74, 6) is 0.287. The molecule has 0 aromatic heterocycles. The molecule has 0 amide bonds. The van der Waals surface area contributed by atoms with Gasteiger partial charge in [-0.25, -0.2) is 13.1 Å². The van der Waals surface area contributed by atoms with Crippen LogP contribution in [0, 0.1) is 5.92 Å². The minimum absolute atomic E-state index is 0.0177. The Morgan fingerprint density at radius 2 is 1.84 bits per heavy atom. The lowest BCUT2D eigenvalue weighted by atomic mass is 9.95. The topological polar surface area (TPSA) is 66.4 Å². The fourth-order valence-electron chi connectivity index (χ4n) is 1.90. The SMILES string of the molecule is CC(C)CC(C)(O)CNS(=O)(=O)c1ccc(Cl)cc1. The van der Waals surface area contributed by atoms with E-state index in [0.29, 0.717) is 11.4 Å². The Morgan fingerprint density at radius 1 is 1.32 bits per heavy atom. The summed E-state index contributed by atoms with van der Waals surface area (Å²) in [4.78, 5) is 0.136. The van der Waals surface area contributed by atoms with Crippen molar-refractivity contribution in [2.45, 2.75) is 37.7 Å². The second-order valence-corrected chi connectivity index (χ2v) is 7.58. The molecule has 108 valence electrons. The van der Waals surface area contributed by atoms with Crippen molar-refractivity contribution in [2.24, 2.45) is 5.92 Å². The van der Waals surface area contributed by atoms with Gasteiger partial charge >= 0.3 is 0 Å². The van der Waals surface area contributed by atoms with Gasteiger partial charge in [0.2, 0.25) is 10.0 Å². The van der Waals surface area contributed by atoms with Gasteiger partial charge in [0.15, 0.2) is 0 Å². The smallest absolute Gasteiger partial charge is 0.240 e. The summed E-state index contributed by atoms with van der Waals surface area (Å²) < 4.78 is 26.4. The first-order chi connectivity index (χ1) is 8.62. The van der Waals surface area contributed by atoms with Crippen LogP contribution in [0.15, 0.2) is 29.2 Å². The first-order valence-corrected chi connectivity index (χ1v) is 7.96. The highest BCUT2D eigenvalue weighted by molar-refractivity contribution is 7.89. The Morgan fingerprint density at radius 3 is 2.32 bits per heavy atom. The third kappa shape index (κ3) is 5.48. The van der Waals surface area contributed by atoms with Gasteiger partial charge in [0.1, 0.15) is 0 Å². The lowest BCUT2D eigenvalue weighted by Crippen LogP contribution is -2.41. The maximum atomic E-state index is 12.0. The Bertz CT molecular complexity index is 509. The molecule has 19 heavy (non-hydrogen) atoms. The number of rotatable bonds is 6. The molecule has 0 heterocycles. The summed E-state index contributed by atoms with van der Waals surface area (Å²) in [6.07, 6.45) is 0.524. The van der Waals surface area contributed by atoms with E-state index in [1.165, 1.54) is 24.3 Å². The maximum absolute atomic E-state index is 12.0. The molecule has 0 aliphatic carbocycles. The number of nitrogens with one attached hydrogen (secondary N) is 1. The van der Waals surface area contributed by atoms with E-state index in [1.54, 1.807) is 6.92 Å². The number of aliphatic hydroxyl groups is 1. The van der Waals surface area contributed by atoms with Crippen molar-refractivity contribution >= 4 is 21.6 Å². The van der Waals surface area contributed by atoms with Gasteiger partial charge in [-0.05, 0) is 43.5 Å². The van der Waals surface area contributed by atoms with Gasteiger partial charge in [0.25, 0.3) is 0 Å². The van der Waals surface area contributed by atoms with Crippen LogP contribution in [-0.4, -0.2) is 25.7 Å². The van der Waals surface area contributed by atoms with Crippen LogP contribution in [-0.2, 0) is 10.0 Å². The average Bonchev–Trinajstić information content (AvgIpc) is 2.26. The van der Waals surface area contributed by atoms with E-state index in [4.69, 9.17) is 11.6 Å². The standard InChI is InChI=1S/C13H20ClNO3S/c1-10(2)8-13(3,16)9-15-19(17,18)12-6-4-11(14)5-7-12/h4-7,10,15-16H,8-9H2,1-3H3. The van der Waals surface area contributed by atoms with E-state index in [2.05, 4.69) is 4.72 Å². The maximum Gasteiger partial charge on any atom is 0.240 e. The lowest BCUT2D eigenvalue weighted by molar-refractivity contribution is 0.0437. The Labute approximate surface area is 119 Å². The number of sulfonamides is 1. The van der Waals surface area contributed by atoms with Crippen molar-refractivity contribution in [1.82, 2.24) is 4.72 Å². The van der Waals surface area contributed by atoms with Crippen molar-refractivity contribution < 1.29 is 13.5 Å². The van der Waals surface area contributed by atoms with Crippen LogP contribution in [0.4, 0.5) is 0 Å². The van der Waals surface area contributed by atoms with Crippen LogP contribution in [0.1, 0.15) is 27.2 Å². The molecule has 1 aromatic carbocycles. The van der Waals surface area contributed by atoms with E-state index in [1.807, 2.05) is 13.8 Å². The average molecular weight is 306 g/mol. The van der Waals surface area contributed by atoms with E-state index in [9.17, 15) is 13.5 Å². The second-order valence-electron chi connectivity index (χ2n) is 5.37. The summed E-state index contributed by atoms with van der Waals surface area (Å²) in [5.41, 5.74) is -1.06. The molecule has 1 atom stereocenters. The van der Waals surface area contributed by atoms with Crippen molar-refractivity contribution in [1.29, 1.82) is 0 Å². The lowest BCUT2D eigenvalue weighted by Gasteiger charge is -2.25. The normalized spacial score (nSPS) is 15.5. The molecule has 4 nitrogen and oxygen atoms in total. The number of halogens is 1. The zero-order chi connectivity index (χ0) is 14.7. The van der Waals surface area contributed by atoms with E-state index >= 15 is 0 Å². The van der Waals surface area contributed by atoms with Crippen LogP contribution in [0.2, 0.25) is 5.02 Å². The molecule has 0 saturated carbocycles. The van der Waals surface area contributed by atoms with E-state index < -0.39 is 15.6 Å². The van der Waals surface area contributed by atoms with Crippen LogP contribution < -0.4 is 4.72 Å². The van der Waals surface area contributed by atoms with Gasteiger partial charge in [-0.3, -0.25) is 0 Å². The minimum atomic E-state index is -3.61. The molecule has 1 aromatic rings. The molecule has 2 N–H and O–H groups in total. The molecule has 0 aliphatic rings. The van der Waals surface area contributed by atoms with Crippen LogP contribution in [0.3, 0.4) is 0 Å². The van der Waals surface area contributed by atoms with Crippen molar-refractivity contribution in [2.75, 3.05) is 6.54 Å². The third-order valence-corrected chi connectivity index (χ3v) is 4.28. The predicted octanol–water partition coefficient (Wildman–Crippen LogP) is 2.42. The highest BCUT2D eigenvalue weighted by Gasteiger charge is 2.25. The highest BCUT2D eigenvalue weighted by Crippen LogP contribution is 2.17. The number of hydrogen-bond acceptors (Lipinski definition) is 3. The van der Waals surface area contributed by atoms with Gasteiger partial charge in [-0.15, -0.1) is 0 Å². The largest absolute Gasteiger partial charge is 0.389 e. The van der Waals surface area contributed by atoms with E-state index in [0.717, 1.165) is 0 Å². The van der Waals surface area contributed by atoms with Crippen molar-refractivity contribution in [3.05, 3.63) is 29.3 Å². The fraction of sp³-hybridized carbons (Fsp3) is 0.538. The molecular weight excluding hydrogens is 286 g/mol. The molecule has 0 radical (unpaired) electrons. The zero-order valence-corrected chi connectivity index (χ0v) is 12.9. The van der Waals surface area contributed by atoms with Crippen molar-refractivity contribution in [3.8, 4) is 0 Å². The molecule has 6 heteroatoms. The Kier molecular flexibility index (Phi) is 5.38. The monoisotopic (exact) mass is 305 g/mol. The number of benzene rings is 1.